The highest BCUT2D eigenvalue weighted by atomic mass is 19.1. The highest BCUT2D eigenvalue weighted by Gasteiger charge is 2.25. The van der Waals surface area contributed by atoms with Crippen LogP contribution in [0.3, 0.4) is 0 Å². The first-order valence-electron chi connectivity index (χ1n) is 8.49. The van der Waals surface area contributed by atoms with Crippen molar-refractivity contribution in [2.75, 3.05) is 26.7 Å². The first-order valence-corrected chi connectivity index (χ1v) is 8.49. The molecular weight excluding hydrogens is 337 g/mol. The van der Waals surface area contributed by atoms with Crippen LogP contribution in [0.15, 0.2) is 36.5 Å². The molecule has 1 unspecified atom stereocenters. The number of carbonyl (C=O) groups is 1. The van der Waals surface area contributed by atoms with Crippen LogP contribution in [0.5, 0.6) is 11.5 Å². The lowest BCUT2D eigenvalue weighted by Gasteiger charge is -2.31. The fourth-order valence-electron chi connectivity index (χ4n) is 2.78. The number of carbonyl (C=O) groups excluding carboxylic acids is 1. The van der Waals surface area contributed by atoms with Crippen LogP contribution in [0.1, 0.15) is 11.3 Å². The Morgan fingerprint density at radius 2 is 2.27 bits per heavy atom. The first kappa shape index (κ1) is 18.3. The molecule has 1 atom stereocenters. The van der Waals surface area contributed by atoms with Gasteiger partial charge in [0, 0.05) is 26.7 Å². The van der Waals surface area contributed by atoms with Crippen molar-refractivity contribution in [2.45, 2.75) is 19.6 Å². The van der Waals surface area contributed by atoms with Gasteiger partial charge in [0.25, 0.3) is 0 Å². The van der Waals surface area contributed by atoms with Crippen molar-refractivity contribution in [1.82, 2.24) is 15.2 Å². The van der Waals surface area contributed by atoms with Gasteiger partial charge in [0.15, 0.2) is 11.6 Å². The summed E-state index contributed by atoms with van der Waals surface area (Å²) in [6, 6.07) is 8.43. The van der Waals surface area contributed by atoms with Gasteiger partial charge in [-0.25, -0.2) is 4.39 Å². The minimum absolute atomic E-state index is 0.119. The third kappa shape index (κ3) is 4.56. The van der Waals surface area contributed by atoms with E-state index in [4.69, 9.17) is 9.47 Å². The number of aryl methyl sites for hydroxylation is 1. The molecule has 2 aromatic rings. The summed E-state index contributed by atoms with van der Waals surface area (Å²) in [5.74, 6) is 0.127. The molecule has 1 amide bonds. The predicted molar refractivity (Wildman–Crippen MR) is 94.5 cm³/mol. The number of pyridine rings is 1. The maximum Gasteiger partial charge on any atom is 0.250 e. The number of hydrogen-bond donors (Lipinski definition) is 1. The molecule has 6 nitrogen and oxygen atoms in total. The van der Waals surface area contributed by atoms with E-state index in [0.29, 0.717) is 25.4 Å². The van der Waals surface area contributed by atoms with E-state index in [1.807, 2.05) is 13.0 Å². The van der Waals surface area contributed by atoms with Crippen molar-refractivity contribution in [3.63, 3.8) is 0 Å². The van der Waals surface area contributed by atoms with Crippen LogP contribution in [0.2, 0.25) is 0 Å². The van der Waals surface area contributed by atoms with Gasteiger partial charge < -0.3 is 14.8 Å². The monoisotopic (exact) mass is 359 g/mol. The van der Waals surface area contributed by atoms with Gasteiger partial charge in [-0.15, -0.1) is 0 Å². The van der Waals surface area contributed by atoms with Crippen molar-refractivity contribution < 1.29 is 18.7 Å². The zero-order chi connectivity index (χ0) is 18.5. The van der Waals surface area contributed by atoms with Crippen LogP contribution in [0, 0.1) is 12.7 Å². The van der Waals surface area contributed by atoms with Gasteiger partial charge in [-0.1, -0.05) is 6.07 Å². The normalized spacial score (nSPS) is 17.7. The number of benzene rings is 1. The molecule has 26 heavy (non-hydrogen) atoms. The summed E-state index contributed by atoms with van der Waals surface area (Å²) in [6.07, 6.45) is 1.12. The maximum absolute atomic E-state index is 13.9. The zero-order valence-corrected chi connectivity index (χ0v) is 14.9. The van der Waals surface area contributed by atoms with Crippen LogP contribution < -0.4 is 10.1 Å². The molecule has 1 aromatic carbocycles. The van der Waals surface area contributed by atoms with Crippen LogP contribution in [-0.2, 0) is 16.1 Å². The fourth-order valence-corrected chi connectivity index (χ4v) is 2.78. The topological polar surface area (TPSA) is 63.7 Å². The summed E-state index contributed by atoms with van der Waals surface area (Å²) >= 11 is 0. The molecule has 1 N–H and O–H groups in total. The molecule has 138 valence electrons. The number of amides is 1. The molecule has 0 radical (unpaired) electrons. The van der Waals surface area contributed by atoms with E-state index in [2.05, 4.69) is 15.2 Å². The Hall–Kier alpha value is -2.51. The molecule has 0 spiro atoms. The molecule has 1 fully saturated rings. The predicted octanol–water partition coefficient (Wildman–Crippen LogP) is 2.27. The molecule has 0 aliphatic carbocycles. The molecule has 2 heterocycles. The molecule has 7 heteroatoms. The molecule has 0 bridgehead atoms. The van der Waals surface area contributed by atoms with Gasteiger partial charge in [-0.2, -0.15) is 0 Å². The number of nitrogens with one attached hydrogen (secondary N) is 1. The molecule has 1 saturated heterocycles. The first-order chi connectivity index (χ1) is 12.5. The second kappa shape index (κ2) is 8.25. The zero-order valence-electron chi connectivity index (χ0n) is 14.9. The Labute approximate surface area is 151 Å². The van der Waals surface area contributed by atoms with Gasteiger partial charge in [0.2, 0.25) is 5.91 Å². The number of halogens is 1. The third-order valence-electron chi connectivity index (χ3n) is 4.19. The number of nitrogens with zero attached hydrogens (tertiary/aromatic N) is 2. The lowest BCUT2D eigenvalue weighted by molar-refractivity contribution is -0.138. The van der Waals surface area contributed by atoms with Gasteiger partial charge in [-0.05, 0) is 36.8 Å². The fraction of sp³-hybridized carbons (Fsp3) is 0.368. The summed E-state index contributed by atoms with van der Waals surface area (Å²) < 4.78 is 24.9. The van der Waals surface area contributed by atoms with E-state index in [0.717, 1.165) is 17.8 Å². The summed E-state index contributed by atoms with van der Waals surface area (Å²) in [4.78, 5) is 18.2. The smallest absolute Gasteiger partial charge is 0.250 e. The quantitative estimate of drug-likeness (QED) is 0.887. The Balaban J connectivity index is 1.60. The highest BCUT2D eigenvalue weighted by molar-refractivity contribution is 5.80. The summed E-state index contributed by atoms with van der Waals surface area (Å²) in [5, 5.41) is 2.60. The minimum Gasteiger partial charge on any atom is -0.453 e. The van der Waals surface area contributed by atoms with Crippen LogP contribution in [0.4, 0.5) is 4.39 Å². The number of hydrogen-bond acceptors (Lipinski definition) is 5. The largest absolute Gasteiger partial charge is 0.453 e. The number of rotatable bonds is 5. The number of aromatic nitrogens is 1. The SMILES string of the molecule is CNC(=O)C1CN(Cc2ccc(Oc3ccc(C)cc3F)cn2)CCO1. The van der Waals surface area contributed by atoms with E-state index in [-0.39, 0.29) is 11.7 Å². The van der Waals surface area contributed by atoms with Gasteiger partial charge in [0.05, 0.1) is 18.5 Å². The van der Waals surface area contributed by atoms with E-state index in [1.54, 1.807) is 31.4 Å². The molecule has 3 rings (SSSR count). The van der Waals surface area contributed by atoms with Gasteiger partial charge in [-0.3, -0.25) is 14.7 Å². The molecule has 1 aliphatic rings. The second-order valence-corrected chi connectivity index (χ2v) is 6.23. The maximum atomic E-state index is 13.9. The molecular formula is C19H22FN3O3. The van der Waals surface area contributed by atoms with E-state index in [9.17, 15) is 9.18 Å². The van der Waals surface area contributed by atoms with Crippen LogP contribution in [-0.4, -0.2) is 48.6 Å². The van der Waals surface area contributed by atoms with E-state index in [1.165, 1.54) is 6.07 Å². The Bertz CT molecular complexity index is 767. The second-order valence-electron chi connectivity index (χ2n) is 6.23. The minimum atomic E-state index is -0.458. The summed E-state index contributed by atoms with van der Waals surface area (Å²) in [5.41, 5.74) is 1.68. The lowest BCUT2D eigenvalue weighted by atomic mass is 10.2. The van der Waals surface area contributed by atoms with E-state index >= 15 is 0 Å². The Morgan fingerprint density at radius 3 is 2.96 bits per heavy atom. The van der Waals surface area contributed by atoms with Gasteiger partial charge >= 0.3 is 0 Å². The summed E-state index contributed by atoms with van der Waals surface area (Å²) in [6.45, 7) is 4.20. The Morgan fingerprint density at radius 1 is 1.42 bits per heavy atom. The standard InChI is InChI=1S/C19H22FN3O3/c1-13-3-6-17(16(20)9-13)26-15-5-4-14(22-10-15)11-23-7-8-25-18(12-23)19(24)21-2/h3-6,9-10,18H,7-8,11-12H2,1-2H3,(H,21,24). The van der Waals surface area contributed by atoms with Crippen molar-refractivity contribution >= 4 is 5.91 Å². The Kier molecular flexibility index (Phi) is 5.80. The number of ether oxygens (including phenoxy) is 2. The number of morpholine rings is 1. The van der Waals surface area contributed by atoms with Crippen molar-refractivity contribution in [3.8, 4) is 11.5 Å². The van der Waals surface area contributed by atoms with Crippen LogP contribution >= 0.6 is 0 Å². The third-order valence-corrected chi connectivity index (χ3v) is 4.19. The molecule has 1 aromatic heterocycles. The van der Waals surface area contributed by atoms with Crippen LogP contribution in [0.25, 0.3) is 0 Å². The van der Waals surface area contributed by atoms with Crippen molar-refractivity contribution in [2.24, 2.45) is 0 Å². The lowest BCUT2D eigenvalue weighted by Crippen LogP contribution is -2.48. The van der Waals surface area contributed by atoms with Gasteiger partial charge in [0.1, 0.15) is 11.9 Å². The number of likely N-dealkylation sites (N-methyl/N-ethyl adjacent to an activating group) is 1. The average molecular weight is 359 g/mol. The van der Waals surface area contributed by atoms with Crippen molar-refractivity contribution in [3.05, 3.63) is 53.6 Å². The molecule has 1 aliphatic heterocycles. The summed E-state index contributed by atoms with van der Waals surface area (Å²) in [7, 11) is 1.60. The van der Waals surface area contributed by atoms with Crippen molar-refractivity contribution in [1.29, 1.82) is 0 Å². The van der Waals surface area contributed by atoms with E-state index < -0.39 is 11.9 Å². The average Bonchev–Trinajstić information content (AvgIpc) is 2.65. The highest BCUT2D eigenvalue weighted by Crippen LogP contribution is 2.24. The molecule has 0 saturated carbocycles.